The highest BCUT2D eigenvalue weighted by Gasteiger charge is 2.34. The number of pyridine rings is 1. The molecule has 0 aliphatic heterocycles. The molecule has 9 heteroatoms. The van der Waals surface area contributed by atoms with Gasteiger partial charge in [-0.1, -0.05) is 0 Å². The summed E-state index contributed by atoms with van der Waals surface area (Å²) in [6, 6.07) is 0.860. The SMILES string of the molecule is O=C(Cl)c1c(Br)cc(=O)[nH]c1OC(F)(F)F. The average Bonchev–Trinajstić information content (AvgIpc) is 1.96. The molecule has 16 heavy (non-hydrogen) atoms. The lowest BCUT2D eigenvalue weighted by molar-refractivity contribution is -0.276. The van der Waals surface area contributed by atoms with Crippen molar-refractivity contribution in [3.8, 4) is 5.88 Å². The van der Waals surface area contributed by atoms with Crippen LogP contribution in [0, 0.1) is 0 Å². The van der Waals surface area contributed by atoms with Gasteiger partial charge in [0.15, 0.2) is 0 Å². The normalized spacial score (nSPS) is 11.3. The van der Waals surface area contributed by atoms with E-state index in [1.165, 1.54) is 0 Å². The first kappa shape index (κ1) is 13.0. The van der Waals surface area contributed by atoms with Gasteiger partial charge in [0, 0.05) is 10.5 Å². The van der Waals surface area contributed by atoms with Crippen molar-refractivity contribution < 1.29 is 22.7 Å². The van der Waals surface area contributed by atoms with Crippen molar-refractivity contribution in [2.45, 2.75) is 6.36 Å². The first-order chi connectivity index (χ1) is 7.20. The number of aromatic nitrogens is 1. The Morgan fingerprint density at radius 2 is 2.06 bits per heavy atom. The van der Waals surface area contributed by atoms with Crippen LogP contribution >= 0.6 is 27.5 Å². The fraction of sp³-hybridized carbons (Fsp3) is 0.143. The largest absolute Gasteiger partial charge is 0.574 e. The summed E-state index contributed by atoms with van der Waals surface area (Å²) >= 11 is 7.79. The Kier molecular flexibility index (Phi) is 3.64. The van der Waals surface area contributed by atoms with Crippen LogP contribution in [-0.2, 0) is 0 Å². The van der Waals surface area contributed by atoms with E-state index in [0.29, 0.717) is 0 Å². The lowest BCUT2D eigenvalue weighted by atomic mass is 10.3. The Labute approximate surface area is 99.5 Å². The molecule has 0 unspecified atom stereocenters. The number of carbonyl (C=O) groups excluding carboxylic acids is 1. The van der Waals surface area contributed by atoms with Crippen molar-refractivity contribution in [1.29, 1.82) is 0 Å². The van der Waals surface area contributed by atoms with Crippen LogP contribution in [0.5, 0.6) is 5.88 Å². The van der Waals surface area contributed by atoms with Crippen molar-refractivity contribution in [3.63, 3.8) is 0 Å². The van der Waals surface area contributed by atoms with Crippen molar-refractivity contribution in [2.24, 2.45) is 0 Å². The van der Waals surface area contributed by atoms with Crippen LogP contribution in [0.15, 0.2) is 15.3 Å². The lowest BCUT2D eigenvalue weighted by Crippen LogP contribution is -2.22. The molecule has 0 aliphatic carbocycles. The number of H-pyrrole nitrogens is 1. The number of carbonyl (C=O) groups is 1. The fourth-order valence-corrected chi connectivity index (χ4v) is 1.75. The van der Waals surface area contributed by atoms with Crippen molar-refractivity contribution in [3.05, 3.63) is 26.5 Å². The predicted molar refractivity (Wildman–Crippen MR) is 51.6 cm³/mol. The van der Waals surface area contributed by atoms with Crippen LogP contribution in [0.3, 0.4) is 0 Å². The zero-order chi connectivity index (χ0) is 12.5. The van der Waals surface area contributed by atoms with Gasteiger partial charge in [0.1, 0.15) is 5.56 Å². The molecular formula is C7H2BrClF3NO3. The lowest BCUT2D eigenvalue weighted by Gasteiger charge is -2.11. The Balaban J connectivity index is 3.36. The molecule has 88 valence electrons. The van der Waals surface area contributed by atoms with Crippen LogP contribution in [0.4, 0.5) is 13.2 Å². The van der Waals surface area contributed by atoms with E-state index in [4.69, 9.17) is 11.6 Å². The second kappa shape index (κ2) is 4.46. The molecule has 1 heterocycles. The number of ether oxygens (including phenoxy) is 1. The Hall–Kier alpha value is -1.02. The van der Waals surface area contributed by atoms with Crippen LogP contribution < -0.4 is 10.3 Å². The van der Waals surface area contributed by atoms with Gasteiger partial charge >= 0.3 is 6.36 Å². The first-order valence-electron chi connectivity index (χ1n) is 3.59. The molecule has 0 saturated heterocycles. The van der Waals surface area contributed by atoms with E-state index in [-0.39, 0.29) is 4.47 Å². The Morgan fingerprint density at radius 3 is 2.50 bits per heavy atom. The number of rotatable bonds is 2. The first-order valence-corrected chi connectivity index (χ1v) is 4.76. The minimum absolute atomic E-state index is 0.185. The molecule has 4 nitrogen and oxygen atoms in total. The minimum Gasteiger partial charge on any atom is -0.389 e. The summed E-state index contributed by atoms with van der Waals surface area (Å²) in [4.78, 5) is 23.5. The summed E-state index contributed by atoms with van der Waals surface area (Å²) in [5, 5.41) is -1.19. The third-order valence-corrected chi connectivity index (χ3v) is 2.19. The van der Waals surface area contributed by atoms with Gasteiger partial charge in [-0.25, -0.2) is 0 Å². The van der Waals surface area contributed by atoms with Crippen molar-refractivity contribution in [1.82, 2.24) is 4.98 Å². The average molecular weight is 320 g/mol. The van der Waals surface area contributed by atoms with Crippen LogP contribution in [0.25, 0.3) is 0 Å². The molecule has 0 radical (unpaired) electrons. The molecule has 0 aliphatic rings. The molecule has 0 saturated carbocycles. The zero-order valence-electron chi connectivity index (χ0n) is 7.19. The maximum atomic E-state index is 11.9. The van der Waals surface area contributed by atoms with Crippen LogP contribution in [-0.4, -0.2) is 16.6 Å². The minimum atomic E-state index is -5.04. The quantitative estimate of drug-likeness (QED) is 0.851. The number of nitrogens with one attached hydrogen (secondary N) is 1. The molecule has 0 amide bonds. The monoisotopic (exact) mass is 319 g/mol. The Bertz CT molecular complexity index is 485. The van der Waals surface area contributed by atoms with E-state index in [1.54, 1.807) is 4.98 Å². The van der Waals surface area contributed by atoms with Crippen LogP contribution in [0.2, 0.25) is 0 Å². The van der Waals surface area contributed by atoms with Gasteiger partial charge < -0.3 is 4.74 Å². The van der Waals surface area contributed by atoms with E-state index in [0.717, 1.165) is 6.07 Å². The highest BCUT2D eigenvalue weighted by atomic mass is 79.9. The number of aromatic amines is 1. The Morgan fingerprint density at radius 1 is 1.50 bits per heavy atom. The molecule has 0 bridgehead atoms. The molecule has 0 atom stereocenters. The van der Waals surface area contributed by atoms with Crippen LogP contribution in [0.1, 0.15) is 10.4 Å². The van der Waals surface area contributed by atoms with Gasteiger partial charge in [-0.2, -0.15) is 0 Å². The molecule has 1 N–H and O–H groups in total. The topological polar surface area (TPSA) is 59.2 Å². The van der Waals surface area contributed by atoms with Gasteiger partial charge in [-0.05, 0) is 27.5 Å². The smallest absolute Gasteiger partial charge is 0.389 e. The van der Waals surface area contributed by atoms with E-state index >= 15 is 0 Å². The van der Waals surface area contributed by atoms with Gasteiger partial charge in [0.25, 0.3) is 10.8 Å². The highest BCUT2D eigenvalue weighted by molar-refractivity contribution is 9.10. The van der Waals surface area contributed by atoms with Gasteiger partial charge in [0.05, 0.1) is 0 Å². The summed E-state index contributed by atoms with van der Waals surface area (Å²) in [6.07, 6.45) is -5.04. The van der Waals surface area contributed by atoms with Gasteiger partial charge in [-0.15, -0.1) is 13.2 Å². The molecule has 1 aromatic rings. The second-order valence-corrected chi connectivity index (χ2v) is 3.70. The van der Waals surface area contributed by atoms with Crippen molar-refractivity contribution in [2.75, 3.05) is 0 Å². The summed E-state index contributed by atoms with van der Waals surface area (Å²) in [5.74, 6) is -1.05. The molecule has 0 spiro atoms. The van der Waals surface area contributed by atoms with Crippen molar-refractivity contribution >= 4 is 32.8 Å². The predicted octanol–water partition coefficient (Wildman–Crippen LogP) is 2.41. The molecule has 1 aromatic heterocycles. The molecule has 1 rings (SSSR count). The highest BCUT2D eigenvalue weighted by Crippen LogP contribution is 2.29. The van der Waals surface area contributed by atoms with E-state index in [2.05, 4.69) is 20.7 Å². The van der Waals surface area contributed by atoms with E-state index < -0.39 is 28.6 Å². The number of hydrogen-bond donors (Lipinski definition) is 1. The zero-order valence-corrected chi connectivity index (χ0v) is 9.53. The summed E-state index contributed by atoms with van der Waals surface area (Å²) in [5.41, 5.74) is -1.47. The fourth-order valence-electron chi connectivity index (χ4n) is 0.882. The second-order valence-electron chi connectivity index (χ2n) is 2.51. The number of halogens is 5. The standard InChI is InChI=1S/C7H2BrClF3NO3/c8-2-1-3(14)13-6(4(2)5(9)15)16-7(10,11)12/h1H,(H,13,14). The maximum Gasteiger partial charge on any atom is 0.574 e. The molecule has 0 aromatic carbocycles. The number of alkyl halides is 3. The maximum absolute atomic E-state index is 11.9. The van der Waals surface area contributed by atoms with Gasteiger partial charge in [-0.3, -0.25) is 14.6 Å². The molecule has 0 fully saturated rings. The summed E-state index contributed by atoms with van der Waals surface area (Å²) in [6.45, 7) is 0. The summed E-state index contributed by atoms with van der Waals surface area (Å²) in [7, 11) is 0. The van der Waals surface area contributed by atoms with E-state index in [1.807, 2.05) is 0 Å². The summed E-state index contributed by atoms with van der Waals surface area (Å²) < 4.78 is 39.1. The number of hydrogen-bond acceptors (Lipinski definition) is 3. The molecular weight excluding hydrogens is 318 g/mol. The van der Waals surface area contributed by atoms with E-state index in [9.17, 15) is 22.8 Å². The third kappa shape index (κ3) is 3.24. The third-order valence-electron chi connectivity index (χ3n) is 1.37. The van der Waals surface area contributed by atoms with Gasteiger partial charge in [0.2, 0.25) is 5.88 Å².